The lowest BCUT2D eigenvalue weighted by atomic mass is 10.2. The van der Waals surface area contributed by atoms with E-state index in [1.54, 1.807) is 7.05 Å². The number of rotatable bonds is 4. The van der Waals surface area contributed by atoms with Gasteiger partial charge in [0.1, 0.15) is 16.9 Å². The zero-order valence-corrected chi connectivity index (χ0v) is 17.2. The first-order valence-electron chi connectivity index (χ1n) is 10.0. The maximum Gasteiger partial charge on any atom is 0.331 e. The minimum atomic E-state index is -0.651. The Morgan fingerprint density at radius 3 is 2.47 bits per heavy atom. The van der Waals surface area contributed by atoms with Crippen molar-refractivity contribution in [3.8, 4) is 0 Å². The number of amides is 1. The van der Waals surface area contributed by atoms with E-state index in [0.29, 0.717) is 36.5 Å². The average Bonchev–Trinajstić information content (AvgIpc) is 2.88. The molecule has 1 saturated heterocycles. The molecule has 0 spiro atoms. The van der Waals surface area contributed by atoms with Gasteiger partial charge in [-0.1, -0.05) is 30.3 Å². The Hall–Kier alpha value is -3.33. The van der Waals surface area contributed by atoms with E-state index < -0.39 is 17.2 Å². The molecule has 0 unspecified atom stereocenters. The first-order valence-corrected chi connectivity index (χ1v) is 10.0. The van der Waals surface area contributed by atoms with E-state index in [1.165, 1.54) is 11.6 Å². The first kappa shape index (κ1) is 20.0. The Labute approximate surface area is 173 Å². The molecule has 9 nitrogen and oxygen atoms in total. The molecule has 1 aromatic carbocycles. The molecule has 4 rings (SSSR count). The number of fused-ring (bicyclic) bond motifs is 1. The van der Waals surface area contributed by atoms with Crippen LogP contribution in [-0.4, -0.2) is 45.8 Å². The van der Waals surface area contributed by atoms with Crippen LogP contribution in [0.1, 0.15) is 22.3 Å². The van der Waals surface area contributed by atoms with Crippen molar-refractivity contribution in [3.63, 3.8) is 0 Å². The van der Waals surface area contributed by atoms with Gasteiger partial charge >= 0.3 is 5.69 Å². The van der Waals surface area contributed by atoms with Crippen molar-refractivity contribution in [1.29, 1.82) is 0 Å². The van der Waals surface area contributed by atoms with Gasteiger partial charge in [-0.3, -0.25) is 18.7 Å². The molecule has 0 radical (unpaired) electrons. The van der Waals surface area contributed by atoms with Crippen LogP contribution in [0.25, 0.3) is 11.0 Å². The lowest BCUT2D eigenvalue weighted by Crippen LogP contribution is -2.37. The number of carbonyl (C=O) groups is 1. The number of carbonyl (C=O) groups excluding carboxylic acids is 1. The van der Waals surface area contributed by atoms with Crippen LogP contribution in [-0.2, 0) is 20.6 Å². The highest BCUT2D eigenvalue weighted by Gasteiger charge is 2.30. The van der Waals surface area contributed by atoms with Gasteiger partial charge in [0.15, 0.2) is 0 Å². The molecule has 1 fully saturated rings. The summed E-state index contributed by atoms with van der Waals surface area (Å²) >= 11 is 0. The maximum absolute atomic E-state index is 13.2. The molecule has 3 N–H and O–H groups in total. The highest BCUT2D eigenvalue weighted by atomic mass is 16.2. The van der Waals surface area contributed by atoms with Crippen LogP contribution < -0.4 is 27.2 Å². The second kappa shape index (κ2) is 7.83. The minimum absolute atomic E-state index is 0.222. The molecule has 9 heteroatoms. The van der Waals surface area contributed by atoms with E-state index in [9.17, 15) is 14.4 Å². The smallest absolute Gasteiger partial charge is 0.331 e. The van der Waals surface area contributed by atoms with Crippen molar-refractivity contribution in [2.45, 2.75) is 13.0 Å². The fourth-order valence-corrected chi connectivity index (χ4v) is 4.24. The lowest BCUT2D eigenvalue weighted by molar-refractivity contribution is 0.100. The standard InChI is InChI=1S/C21H26N6O3/c1-24-16-15(18(22)28)19(26-11-6-9-23-10-12-26)27(13-14-7-4-3-5-8-14)17(16)20(29)25(2)21(24)30/h3-5,7-8,23H,6,9-13H2,1-2H3,(H2,22,28). The number of nitrogens with two attached hydrogens (primary N) is 1. The molecule has 158 valence electrons. The van der Waals surface area contributed by atoms with E-state index >= 15 is 0 Å². The number of anilines is 1. The van der Waals surface area contributed by atoms with Crippen LogP contribution in [0.2, 0.25) is 0 Å². The van der Waals surface area contributed by atoms with Gasteiger partial charge in [0.05, 0.1) is 5.52 Å². The van der Waals surface area contributed by atoms with Gasteiger partial charge in [0.25, 0.3) is 11.5 Å². The van der Waals surface area contributed by atoms with Crippen molar-refractivity contribution in [3.05, 3.63) is 62.3 Å². The molecular formula is C21H26N6O3. The Balaban J connectivity index is 2.11. The summed E-state index contributed by atoms with van der Waals surface area (Å²) in [6, 6.07) is 9.72. The molecule has 1 aliphatic heterocycles. The van der Waals surface area contributed by atoms with Crippen LogP contribution in [0.3, 0.4) is 0 Å². The van der Waals surface area contributed by atoms with Crippen molar-refractivity contribution >= 4 is 22.8 Å². The summed E-state index contributed by atoms with van der Waals surface area (Å²) in [6.45, 7) is 3.40. The van der Waals surface area contributed by atoms with Gasteiger partial charge in [-0.15, -0.1) is 0 Å². The van der Waals surface area contributed by atoms with Gasteiger partial charge < -0.3 is 20.5 Å². The highest BCUT2D eigenvalue weighted by Crippen LogP contribution is 2.31. The number of hydrogen-bond acceptors (Lipinski definition) is 5. The Kier molecular flexibility index (Phi) is 5.21. The molecular weight excluding hydrogens is 384 g/mol. The second-order valence-electron chi connectivity index (χ2n) is 7.63. The first-order chi connectivity index (χ1) is 14.4. The normalized spacial score (nSPS) is 14.8. The summed E-state index contributed by atoms with van der Waals surface area (Å²) < 4.78 is 4.26. The number of nitrogens with zero attached hydrogens (tertiary/aromatic N) is 4. The van der Waals surface area contributed by atoms with Crippen molar-refractivity contribution < 1.29 is 4.79 Å². The summed E-state index contributed by atoms with van der Waals surface area (Å²) in [6.07, 6.45) is 0.891. The number of benzene rings is 1. The number of nitrogens with one attached hydrogen (secondary N) is 1. The summed E-state index contributed by atoms with van der Waals surface area (Å²) in [5, 5.41) is 3.35. The SMILES string of the molecule is Cn1c(=O)c2c(c(C(N)=O)c(N3CCCNCC3)n2Cc2ccccc2)n(C)c1=O. The molecule has 0 bridgehead atoms. The fraction of sp³-hybridized carbons (Fsp3) is 0.381. The van der Waals surface area contributed by atoms with Crippen molar-refractivity contribution in [2.75, 3.05) is 31.1 Å². The average molecular weight is 410 g/mol. The molecule has 1 amide bonds. The van der Waals surface area contributed by atoms with E-state index in [0.717, 1.165) is 29.6 Å². The molecule has 0 saturated carbocycles. The maximum atomic E-state index is 13.2. The Bertz CT molecular complexity index is 1210. The molecule has 30 heavy (non-hydrogen) atoms. The van der Waals surface area contributed by atoms with E-state index in [-0.39, 0.29) is 5.56 Å². The van der Waals surface area contributed by atoms with E-state index in [2.05, 4.69) is 10.2 Å². The van der Waals surface area contributed by atoms with Gasteiger partial charge in [0.2, 0.25) is 0 Å². The molecule has 1 aliphatic rings. The lowest BCUT2D eigenvalue weighted by Gasteiger charge is -2.25. The predicted octanol–water partition coefficient (Wildman–Crippen LogP) is -0.0144. The third-order valence-corrected chi connectivity index (χ3v) is 5.70. The van der Waals surface area contributed by atoms with Gasteiger partial charge in [-0.25, -0.2) is 4.79 Å². The summed E-state index contributed by atoms with van der Waals surface area (Å²) in [5.74, 6) is -0.0503. The predicted molar refractivity (Wildman–Crippen MR) is 116 cm³/mol. The number of aryl methyl sites for hydroxylation is 1. The summed E-state index contributed by atoms with van der Waals surface area (Å²) in [4.78, 5) is 40.5. The fourth-order valence-electron chi connectivity index (χ4n) is 4.24. The summed E-state index contributed by atoms with van der Waals surface area (Å²) in [7, 11) is 3.01. The van der Waals surface area contributed by atoms with Crippen molar-refractivity contribution in [1.82, 2.24) is 19.0 Å². The largest absolute Gasteiger partial charge is 0.365 e. The van der Waals surface area contributed by atoms with Crippen LogP contribution in [0.5, 0.6) is 0 Å². The molecule has 3 aromatic rings. The Morgan fingerprint density at radius 2 is 1.77 bits per heavy atom. The molecule has 0 atom stereocenters. The number of primary amides is 1. The molecule has 0 aliphatic carbocycles. The van der Waals surface area contributed by atoms with Crippen LogP contribution in [0, 0.1) is 0 Å². The van der Waals surface area contributed by atoms with E-state index in [1.807, 2.05) is 34.9 Å². The second-order valence-corrected chi connectivity index (χ2v) is 7.63. The quantitative estimate of drug-likeness (QED) is 0.629. The van der Waals surface area contributed by atoms with Crippen LogP contribution in [0.4, 0.5) is 5.82 Å². The highest BCUT2D eigenvalue weighted by molar-refractivity contribution is 6.10. The number of aromatic nitrogens is 3. The van der Waals surface area contributed by atoms with Gasteiger partial charge in [-0.2, -0.15) is 0 Å². The van der Waals surface area contributed by atoms with E-state index in [4.69, 9.17) is 5.73 Å². The monoisotopic (exact) mass is 410 g/mol. The zero-order chi connectivity index (χ0) is 21.4. The number of hydrogen-bond donors (Lipinski definition) is 2. The van der Waals surface area contributed by atoms with Crippen LogP contribution in [0.15, 0.2) is 39.9 Å². The third-order valence-electron chi connectivity index (χ3n) is 5.70. The topological polar surface area (TPSA) is 107 Å². The Morgan fingerprint density at radius 1 is 1.03 bits per heavy atom. The van der Waals surface area contributed by atoms with Gasteiger partial charge in [-0.05, 0) is 18.5 Å². The molecule has 3 heterocycles. The third kappa shape index (κ3) is 3.21. The van der Waals surface area contributed by atoms with Crippen molar-refractivity contribution in [2.24, 2.45) is 19.8 Å². The van der Waals surface area contributed by atoms with Crippen LogP contribution >= 0.6 is 0 Å². The molecule has 2 aromatic heterocycles. The van der Waals surface area contributed by atoms with Gasteiger partial charge in [0, 0.05) is 40.3 Å². The summed E-state index contributed by atoms with van der Waals surface area (Å²) in [5.41, 5.74) is 6.70. The minimum Gasteiger partial charge on any atom is -0.365 e. The zero-order valence-electron chi connectivity index (χ0n) is 17.2.